The lowest BCUT2D eigenvalue weighted by Gasteiger charge is -2.19. The molecular weight excluding hydrogens is 259 g/mol. The first-order valence-electron chi connectivity index (χ1n) is 5.58. The second-order valence-corrected chi connectivity index (χ2v) is 5.14. The van der Waals surface area contributed by atoms with Crippen LogP contribution < -0.4 is 4.74 Å². The smallest absolute Gasteiger partial charge is 0.309 e. The van der Waals surface area contributed by atoms with Crippen LogP contribution in [0.3, 0.4) is 0 Å². The Kier molecular flexibility index (Phi) is 4.96. The number of esters is 1. The van der Waals surface area contributed by atoms with Gasteiger partial charge in [0.25, 0.3) is 0 Å². The molecule has 0 aromatic heterocycles. The van der Waals surface area contributed by atoms with Crippen molar-refractivity contribution in [3.63, 3.8) is 0 Å². The van der Waals surface area contributed by atoms with Gasteiger partial charge in [0.05, 0.1) is 18.1 Å². The predicted molar refractivity (Wildman–Crippen MR) is 67.4 cm³/mol. The van der Waals surface area contributed by atoms with Gasteiger partial charge >= 0.3 is 5.97 Å². The molecule has 0 aliphatic rings. The number of ether oxygens (including phenoxy) is 2. The molecule has 0 amide bonds. The summed E-state index contributed by atoms with van der Waals surface area (Å²) in [5, 5.41) is -0.00947. The van der Waals surface area contributed by atoms with Crippen molar-refractivity contribution in [2.24, 2.45) is 0 Å². The van der Waals surface area contributed by atoms with Gasteiger partial charge in [-0.1, -0.05) is 17.7 Å². The highest BCUT2D eigenvalue weighted by atomic mass is 35.5. The van der Waals surface area contributed by atoms with Crippen LogP contribution in [0.2, 0.25) is 5.02 Å². The molecule has 0 fully saturated rings. The Balaban J connectivity index is 2.43. The van der Waals surface area contributed by atoms with E-state index in [2.05, 4.69) is 0 Å². The Morgan fingerprint density at radius 1 is 1.39 bits per heavy atom. The van der Waals surface area contributed by atoms with Crippen molar-refractivity contribution in [1.29, 1.82) is 0 Å². The van der Waals surface area contributed by atoms with E-state index < -0.39 is 11.4 Å². The Morgan fingerprint density at radius 2 is 2.06 bits per heavy atom. The number of halogens is 2. The topological polar surface area (TPSA) is 35.5 Å². The van der Waals surface area contributed by atoms with Crippen LogP contribution in [0.15, 0.2) is 18.2 Å². The SMILES string of the molecule is CC(C)(C)OC(=O)CCOc1cccc(Cl)c1F. The molecule has 0 radical (unpaired) electrons. The number of benzene rings is 1. The predicted octanol–water partition coefficient (Wildman–Crippen LogP) is 3.59. The lowest BCUT2D eigenvalue weighted by Crippen LogP contribution is -2.24. The average molecular weight is 275 g/mol. The van der Waals surface area contributed by atoms with Gasteiger partial charge in [0.15, 0.2) is 11.6 Å². The quantitative estimate of drug-likeness (QED) is 0.787. The largest absolute Gasteiger partial charge is 0.490 e. The summed E-state index contributed by atoms with van der Waals surface area (Å²) in [7, 11) is 0. The van der Waals surface area contributed by atoms with Gasteiger partial charge in [0.2, 0.25) is 0 Å². The lowest BCUT2D eigenvalue weighted by molar-refractivity contribution is -0.155. The first-order chi connectivity index (χ1) is 8.29. The summed E-state index contributed by atoms with van der Waals surface area (Å²) in [5.74, 6) is -0.973. The highest BCUT2D eigenvalue weighted by Crippen LogP contribution is 2.24. The fourth-order valence-electron chi connectivity index (χ4n) is 1.23. The molecule has 0 spiro atoms. The molecule has 0 aliphatic heterocycles. The van der Waals surface area contributed by atoms with E-state index in [1.165, 1.54) is 12.1 Å². The number of rotatable bonds is 4. The minimum atomic E-state index is -0.622. The summed E-state index contributed by atoms with van der Waals surface area (Å²) < 4.78 is 23.7. The number of hydrogen-bond donors (Lipinski definition) is 0. The minimum Gasteiger partial charge on any atom is -0.490 e. The Bertz CT molecular complexity index is 427. The molecule has 1 rings (SSSR count). The highest BCUT2D eigenvalue weighted by molar-refractivity contribution is 6.30. The summed E-state index contributed by atoms with van der Waals surface area (Å²) in [4.78, 5) is 11.4. The van der Waals surface area contributed by atoms with Crippen molar-refractivity contribution in [2.45, 2.75) is 32.8 Å². The summed E-state index contributed by atoms with van der Waals surface area (Å²) in [6, 6.07) is 4.46. The molecule has 0 unspecified atom stereocenters. The van der Waals surface area contributed by atoms with Crippen molar-refractivity contribution in [3.8, 4) is 5.75 Å². The van der Waals surface area contributed by atoms with Crippen molar-refractivity contribution in [1.82, 2.24) is 0 Å². The second-order valence-electron chi connectivity index (χ2n) is 4.74. The third-order valence-corrected chi connectivity index (χ3v) is 2.19. The van der Waals surface area contributed by atoms with Crippen molar-refractivity contribution < 1.29 is 18.7 Å². The molecular formula is C13H16ClFO3. The molecule has 0 atom stereocenters. The molecule has 0 aliphatic carbocycles. The third kappa shape index (κ3) is 4.92. The Labute approximate surface area is 111 Å². The molecule has 0 heterocycles. The van der Waals surface area contributed by atoms with E-state index in [0.717, 1.165) is 0 Å². The number of carbonyl (C=O) groups excluding carboxylic acids is 1. The standard InChI is InChI=1S/C13H16ClFO3/c1-13(2,3)18-11(16)7-8-17-10-6-4-5-9(14)12(10)15/h4-6H,7-8H2,1-3H3. The molecule has 0 bridgehead atoms. The van der Waals surface area contributed by atoms with Crippen LogP contribution >= 0.6 is 11.6 Å². The minimum absolute atomic E-state index is 0.00947. The van der Waals surface area contributed by atoms with Gasteiger partial charge in [-0.2, -0.15) is 0 Å². The van der Waals surface area contributed by atoms with E-state index in [-0.39, 0.29) is 29.8 Å². The van der Waals surface area contributed by atoms with Crippen LogP contribution in [0, 0.1) is 5.82 Å². The molecule has 18 heavy (non-hydrogen) atoms. The molecule has 100 valence electrons. The summed E-state index contributed by atoms with van der Waals surface area (Å²) >= 11 is 5.60. The first-order valence-corrected chi connectivity index (χ1v) is 5.96. The van der Waals surface area contributed by atoms with Gasteiger partial charge < -0.3 is 9.47 Å². The maximum atomic E-state index is 13.4. The first kappa shape index (κ1) is 14.8. The summed E-state index contributed by atoms with van der Waals surface area (Å²) in [5.41, 5.74) is -0.529. The molecule has 1 aromatic carbocycles. The van der Waals surface area contributed by atoms with E-state index in [0.29, 0.717) is 0 Å². The molecule has 0 N–H and O–H groups in total. The van der Waals surface area contributed by atoms with Crippen LogP contribution in [0.5, 0.6) is 5.75 Å². The Hall–Kier alpha value is -1.29. The molecule has 3 nitrogen and oxygen atoms in total. The highest BCUT2D eigenvalue weighted by Gasteiger charge is 2.16. The molecule has 0 saturated heterocycles. The summed E-state index contributed by atoms with van der Waals surface area (Å²) in [6.45, 7) is 5.39. The molecule has 5 heteroatoms. The van der Waals surface area contributed by atoms with Crippen LogP contribution in [0.1, 0.15) is 27.2 Å². The summed E-state index contributed by atoms with van der Waals surface area (Å²) in [6.07, 6.45) is 0.0588. The van der Waals surface area contributed by atoms with E-state index in [1.54, 1.807) is 26.8 Å². The van der Waals surface area contributed by atoms with Crippen LogP contribution in [0.25, 0.3) is 0 Å². The molecule has 1 aromatic rings. The molecule has 0 saturated carbocycles. The van der Waals surface area contributed by atoms with E-state index >= 15 is 0 Å². The number of carbonyl (C=O) groups is 1. The van der Waals surface area contributed by atoms with Gasteiger partial charge in [-0.3, -0.25) is 4.79 Å². The maximum absolute atomic E-state index is 13.4. The van der Waals surface area contributed by atoms with Gasteiger partial charge in [0, 0.05) is 0 Å². The van der Waals surface area contributed by atoms with E-state index in [4.69, 9.17) is 21.1 Å². The maximum Gasteiger partial charge on any atom is 0.309 e. The lowest BCUT2D eigenvalue weighted by atomic mass is 10.2. The van der Waals surface area contributed by atoms with Gasteiger partial charge in [-0.25, -0.2) is 4.39 Å². The zero-order valence-corrected chi connectivity index (χ0v) is 11.4. The van der Waals surface area contributed by atoms with Crippen LogP contribution in [-0.4, -0.2) is 18.2 Å². The zero-order valence-electron chi connectivity index (χ0n) is 10.6. The normalized spacial score (nSPS) is 11.2. The van der Waals surface area contributed by atoms with E-state index in [9.17, 15) is 9.18 Å². The van der Waals surface area contributed by atoms with E-state index in [1.807, 2.05) is 0 Å². The van der Waals surface area contributed by atoms with Crippen LogP contribution in [0.4, 0.5) is 4.39 Å². The zero-order chi connectivity index (χ0) is 13.8. The fourth-order valence-corrected chi connectivity index (χ4v) is 1.40. The van der Waals surface area contributed by atoms with Crippen molar-refractivity contribution in [3.05, 3.63) is 29.0 Å². The van der Waals surface area contributed by atoms with Crippen LogP contribution in [-0.2, 0) is 9.53 Å². The van der Waals surface area contributed by atoms with Gasteiger partial charge in [-0.15, -0.1) is 0 Å². The Morgan fingerprint density at radius 3 is 2.67 bits per heavy atom. The fraction of sp³-hybridized carbons (Fsp3) is 0.462. The van der Waals surface area contributed by atoms with Crippen molar-refractivity contribution >= 4 is 17.6 Å². The van der Waals surface area contributed by atoms with Crippen molar-refractivity contribution in [2.75, 3.05) is 6.61 Å². The monoisotopic (exact) mass is 274 g/mol. The average Bonchev–Trinajstić information content (AvgIpc) is 2.21. The number of hydrogen-bond acceptors (Lipinski definition) is 3. The van der Waals surface area contributed by atoms with Gasteiger partial charge in [-0.05, 0) is 32.9 Å². The van der Waals surface area contributed by atoms with Gasteiger partial charge in [0.1, 0.15) is 5.60 Å². The third-order valence-electron chi connectivity index (χ3n) is 1.90. The second kappa shape index (κ2) is 6.05.